The maximum Gasteiger partial charge on any atom is 0.255 e. The van der Waals surface area contributed by atoms with Crippen molar-refractivity contribution in [3.05, 3.63) is 81.3 Å². The van der Waals surface area contributed by atoms with Gasteiger partial charge in [-0.15, -0.1) is 0 Å². The van der Waals surface area contributed by atoms with Crippen LogP contribution in [-0.4, -0.2) is 24.8 Å². The Balaban J connectivity index is 2.01. The van der Waals surface area contributed by atoms with Crippen LogP contribution in [0.3, 0.4) is 0 Å². The van der Waals surface area contributed by atoms with Gasteiger partial charge < -0.3 is 10.1 Å². The second-order valence-corrected chi connectivity index (χ2v) is 10.8. The lowest BCUT2D eigenvalue weighted by Crippen LogP contribution is -2.14. The fraction of sp³-hybridized carbons (Fsp3) is 0.280. The number of aromatic amines is 1. The zero-order chi connectivity index (χ0) is 24.4. The third-order valence-corrected chi connectivity index (χ3v) is 5.97. The number of nitrogens with one attached hydrogen (secondary N) is 2. The van der Waals surface area contributed by atoms with Crippen LogP contribution in [-0.2, 0) is 28.3 Å². The SMILES string of the molecule is CC(C)(C)c1cc(CCc2ccc(NS(C)(=O)=O)cc2C#N)c(O)c(-c2ccc[nH]c2=O)c1. The summed E-state index contributed by atoms with van der Waals surface area (Å²) in [6.07, 6.45) is 3.48. The minimum Gasteiger partial charge on any atom is -0.507 e. The van der Waals surface area contributed by atoms with Gasteiger partial charge in [0.2, 0.25) is 10.0 Å². The Morgan fingerprint density at radius 1 is 1.06 bits per heavy atom. The number of H-pyrrole nitrogens is 1. The Morgan fingerprint density at radius 2 is 1.76 bits per heavy atom. The first-order valence-electron chi connectivity index (χ1n) is 10.4. The van der Waals surface area contributed by atoms with Crippen molar-refractivity contribution in [2.24, 2.45) is 0 Å². The van der Waals surface area contributed by atoms with Gasteiger partial charge in [-0.05, 0) is 65.3 Å². The monoisotopic (exact) mass is 465 g/mol. The number of hydrogen-bond donors (Lipinski definition) is 3. The van der Waals surface area contributed by atoms with E-state index in [4.69, 9.17) is 0 Å². The number of nitrogens with zero attached hydrogens (tertiary/aromatic N) is 1. The Labute approximate surface area is 193 Å². The van der Waals surface area contributed by atoms with Crippen LogP contribution in [0, 0.1) is 11.3 Å². The van der Waals surface area contributed by atoms with Crippen molar-refractivity contribution in [2.45, 2.75) is 39.0 Å². The zero-order valence-corrected chi connectivity index (χ0v) is 19.9. The molecule has 7 nitrogen and oxygen atoms in total. The lowest BCUT2D eigenvalue weighted by atomic mass is 9.83. The van der Waals surface area contributed by atoms with Gasteiger partial charge in [0.05, 0.1) is 23.5 Å². The number of benzene rings is 2. The van der Waals surface area contributed by atoms with Crippen molar-refractivity contribution in [2.75, 3.05) is 11.0 Å². The van der Waals surface area contributed by atoms with E-state index in [2.05, 4.69) is 36.5 Å². The molecule has 3 aromatic rings. The molecule has 172 valence electrons. The summed E-state index contributed by atoms with van der Waals surface area (Å²) in [5, 5.41) is 20.6. The lowest BCUT2D eigenvalue weighted by molar-refractivity contribution is 0.468. The lowest BCUT2D eigenvalue weighted by Gasteiger charge is -2.22. The molecule has 0 unspecified atom stereocenters. The minimum atomic E-state index is -3.45. The highest BCUT2D eigenvalue weighted by atomic mass is 32.2. The molecule has 0 aliphatic rings. The number of hydrogen-bond acceptors (Lipinski definition) is 5. The molecular weight excluding hydrogens is 438 g/mol. The van der Waals surface area contributed by atoms with Crippen molar-refractivity contribution < 1.29 is 13.5 Å². The first-order valence-corrected chi connectivity index (χ1v) is 12.3. The normalized spacial score (nSPS) is 11.7. The molecular formula is C25H27N3O4S. The van der Waals surface area contributed by atoms with Gasteiger partial charge in [-0.2, -0.15) is 5.26 Å². The second kappa shape index (κ2) is 9.12. The van der Waals surface area contributed by atoms with E-state index in [1.807, 2.05) is 12.1 Å². The van der Waals surface area contributed by atoms with Crippen LogP contribution in [0.4, 0.5) is 5.69 Å². The van der Waals surface area contributed by atoms with Crippen LogP contribution in [0.1, 0.15) is 43.0 Å². The molecule has 2 aromatic carbocycles. The summed E-state index contributed by atoms with van der Waals surface area (Å²) < 4.78 is 25.3. The van der Waals surface area contributed by atoms with E-state index in [1.165, 1.54) is 6.07 Å². The van der Waals surface area contributed by atoms with Gasteiger partial charge in [0, 0.05) is 17.4 Å². The Bertz CT molecular complexity index is 1390. The molecule has 0 aliphatic carbocycles. The maximum absolute atomic E-state index is 12.4. The van der Waals surface area contributed by atoms with Crippen LogP contribution in [0.15, 0.2) is 53.5 Å². The fourth-order valence-corrected chi connectivity index (χ4v) is 4.16. The van der Waals surface area contributed by atoms with Crippen LogP contribution in [0.25, 0.3) is 11.1 Å². The standard InChI is InChI=1S/C25H27N3O4S/c1-25(2,3)19-12-17(23(29)22(14-19)21-6-5-11-27-24(21)30)8-7-16-9-10-20(13-18(16)15-26)28-33(4,31)32/h5-6,9-14,28-29H,7-8H2,1-4H3,(H,27,30). The summed E-state index contributed by atoms with van der Waals surface area (Å²) in [6, 6.07) is 14.1. The molecule has 3 rings (SSSR count). The van der Waals surface area contributed by atoms with Crippen LogP contribution in [0.5, 0.6) is 5.75 Å². The summed E-state index contributed by atoms with van der Waals surface area (Å²) >= 11 is 0. The Hall–Kier alpha value is -3.57. The number of rotatable bonds is 6. The van der Waals surface area contributed by atoms with Crippen LogP contribution >= 0.6 is 0 Å². The Kier molecular flexibility index (Phi) is 6.65. The zero-order valence-electron chi connectivity index (χ0n) is 19.1. The molecule has 0 amide bonds. The molecule has 0 bridgehead atoms. The number of phenols is 1. The van der Waals surface area contributed by atoms with Crippen LogP contribution in [0.2, 0.25) is 0 Å². The van der Waals surface area contributed by atoms with Gasteiger partial charge in [0.25, 0.3) is 5.56 Å². The molecule has 0 spiro atoms. The van der Waals surface area contributed by atoms with Crippen LogP contribution < -0.4 is 10.3 Å². The number of anilines is 1. The summed E-state index contributed by atoms with van der Waals surface area (Å²) in [7, 11) is -3.45. The predicted molar refractivity (Wildman–Crippen MR) is 130 cm³/mol. The molecule has 0 atom stereocenters. The number of aryl methyl sites for hydroxylation is 2. The van der Waals surface area contributed by atoms with Gasteiger partial charge in [-0.3, -0.25) is 9.52 Å². The summed E-state index contributed by atoms with van der Waals surface area (Å²) in [5.74, 6) is 0.0357. The van der Waals surface area contributed by atoms with E-state index in [0.29, 0.717) is 40.8 Å². The molecule has 0 radical (unpaired) electrons. The smallest absolute Gasteiger partial charge is 0.255 e. The highest BCUT2D eigenvalue weighted by Crippen LogP contribution is 2.36. The average molecular weight is 466 g/mol. The molecule has 1 heterocycles. The maximum atomic E-state index is 12.4. The van der Waals surface area contributed by atoms with Crippen molar-refractivity contribution in [1.82, 2.24) is 4.98 Å². The number of pyridine rings is 1. The minimum absolute atomic E-state index is 0.0357. The van der Waals surface area contributed by atoms with E-state index in [9.17, 15) is 23.6 Å². The van der Waals surface area contributed by atoms with Crippen molar-refractivity contribution in [3.8, 4) is 22.9 Å². The van der Waals surface area contributed by atoms with E-state index in [1.54, 1.807) is 30.5 Å². The molecule has 33 heavy (non-hydrogen) atoms. The van der Waals surface area contributed by atoms with Gasteiger partial charge in [0.1, 0.15) is 5.75 Å². The first kappa shape index (κ1) is 24.1. The van der Waals surface area contributed by atoms with Gasteiger partial charge in [-0.25, -0.2) is 8.42 Å². The number of aromatic nitrogens is 1. The van der Waals surface area contributed by atoms with E-state index in [0.717, 1.165) is 17.4 Å². The van der Waals surface area contributed by atoms with Gasteiger partial charge >= 0.3 is 0 Å². The molecule has 8 heteroatoms. The molecule has 0 saturated carbocycles. The highest BCUT2D eigenvalue weighted by molar-refractivity contribution is 7.92. The number of nitriles is 1. The van der Waals surface area contributed by atoms with E-state index < -0.39 is 10.0 Å². The summed E-state index contributed by atoms with van der Waals surface area (Å²) in [6.45, 7) is 6.18. The topological polar surface area (TPSA) is 123 Å². The van der Waals surface area contributed by atoms with Gasteiger partial charge in [0.15, 0.2) is 0 Å². The summed E-state index contributed by atoms with van der Waals surface area (Å²) in [4.78, 5) is 15.0. The third-order valence-electron chi connectivity index (χ3n) is 5.36. The number of aromatic hydroxyl groups is 1. The largest absolute Gasteiger partial charge is 0.507 e. The van der Waals surface area contributed by atoms with E-state index >= 15 is 0 Å². The highest BCUT2D eigenvalue weighted by Gasteiger charge is 2.21. The van der Waals surface area contributed by atoms with E-state index in [-0.39, 0.29) is 16.7 Å². The second-order valence-electron chi connectivity index (χ2n) is 9.05. The first-order chi connectivity index (χ1) is 15.4. The third kappa shape index (κ3) is 5.82. The molecule has 0 saturated heterocycles. The predicted octanol–water partition coefficient (Wildman–Crippen LogP) is 4.07. The molecule has 1 aromatic heterocycles. The average Bonchev–Trinajstić information content (AvgIpc) is 2.72. The number of phenolic OH excluding ortho intramolecular Hbond substituents is 1. The number of sulfonamides is 1. The van der Waals surface area contributed by atoms with Gasteiger partial charge in [-0.1, -0.05) is 32.9 Å². The summed E-state index contributed by atoms with van der Waals surface area (Å²) in [5.41, 5.74) is 3.40. The molecule has 0 fully saturated rings. The van der Waals surface area contributed by atoms with Crippen molar-refractivity contribution >= 4 is 15.7 Å². The molecule has 3 N–H and O–H groups in total. The molecule has 0 aliphatic heterocycles. The Morgan fingerprint density at radius 3 is 2.36 bits per heavy atom. The fourth-order valence-electron chi connectivity index (χ4n) is 3.60. The van der Waals surface area contributed by atoms with Crippen molar-refractivity contribution in [3.63, 3.8) is 0 Å². The quantitative estimate of drug-likeness (QED) is 0.506. The van der Waals surface area contributed by atoms with Crippen molar-refractivity contribution in [1.29, 1.82) is 5.26 Å².